The van der Waals surface area contributed by atoms with Crippen LogP contribution >= 0.6 is 0 Å². The van der Waals surface area contributed by atoms with Gasteiger partial charge < -0.3 is 9.47 Å². The first kappa shape index (κ1) is 15.7. The lowest BCUT2D eigenvalue weighted by molar-refractivity contribution is -0.149. The summed E-state index contributed by atoms with van der Waals surface area (Å²) in [6, 6.07) is 9.31. The van der Waals surface area contributed by atoms with E-state index in [1.807, 2.05) is 56.1 Å². The van der Waals surface area contributed by atoms with E-state index in [0.717, 1.165) is 5.56 Å². The van der Waals surface area contributed by atoms with E-state index in [4.69, 9.17) is 9.47 Å². The van der Waals surface area contributed by atoms with Crippen LogP contribution in [0.25, 0.3) is 0 Å². The molecule has 0 aromatic heterocycles. The van der Waals surface area contributed by atoms with Crippen LogP contribution in [0.4, 0.5) is 0 Å². The Morgan fingerprint density at radius 3 is 2.47 bits per heavy atom. The number of carbonyl (C=O) groups excluding carboxylic acids is 1. The van der Waals surface area contributed by atoms with E-state index in [9.17, 15) is 4.79 Å². The number of hydrogen-bond donors (Lipinski definition) is 0. The second-order valence-corrected chi connectivity index (χ2v) is 4.24. The summed E-state index contributed by atoms with van der Waals surface area (Å²) in [5.41, 5.74) is 0.944. The molecule has 0 heterocycles. The van der Waals surface area contributed by atoms with Crippen molar-refractivity contribution in [2.45, 2.75) is 19.9 Å². The number of ether oxygens (including phenoxy) is 2. The highest BCUT2D eigenvalue weighted by Gasteiger charge is 2.25. The number of rotatable bonds is 8. The van der Waals surface area contributed by atoms with Gasteiger partial charge in [0.1, 0.15) is 6.04 Å². The van der Waals surface area contributed by atoms with Gasteiger partial charge in [0.05, 0.1) is 13.2 Å². The van der Waals surface area contributed by atoms with E-state index in [0.29, 0.717) is 26.4 Å². The predicted molar refractivity (Wildman–Crippen MR) is 74.9 cm³/mol. The van der Waals surface area contributed by atoms with Crippen LogP contribution in [-0.4, -0.2) is 44.3 Å². The van der Waals surface area contributed by atoms with Crippen molar-refractivity contribution >= 4 is 5.97 Å². The van der Waals surface area contributed by atoms with Crippen LogP contribution in [0, 0.1) is 0 Å². The summed E-state index contributed by atoms with van der Waals surface area (Å²) in [6.07, 6.45) is 0. The maximum Gasteiger partial charge on any atom is 0.327 e. The van der Waals surface area contributed by atoms with E-state index in [2.05, 4.69) is 0 Å². The topological polar surface area (TPSA) is 38.8 Å². The predicted octanol–water partition coefficient (Wildman–Crippen LogP) is 2.26. The number of benzene rings is 1. The van der Waals surface area contributed by atoms with Gasteiger partial charge >= 0.3 is 5.97 Å². The fourth-order valence-electron chi connectivity index (χ4n) is 1.91. The van der Waals surface area contributed by atoms with E-state index in [1.54, 1.807) is 0 Å². The zero-order valence-electron chi connectivity index (χ0n) is 12.0. The molecule has 19 heavy (non-hydrogen) atoms. The van der Waals surface area contributed by atoms with Gasteiger partial charge in [-0.2, -0.15) is 0 Å². The summed E-state index contributed by atoms with van der Waals surface area (Å²) in [5, 5.41) is 0. The van der Waals surface area contributed by atoms with Gasteiger partial charge in [0.25, 0.3) is 0 Å². The molecule has 0 N–H and O–H groups in total. The van der Waals surface area contributed by atoms with E-state index < -0.39 is 0 Å². The summed E-state index contributed by atoms with van der Waals surface area (Å²) in [4.78, 5) is 14.1. The normalized spacial score (nSPS) is 12.4. The summed E-state index contributed by atoms with van der Waals surface area (Å²) in [6.45, 7) is 6.15. The molecule has 0 radical (unpaired) electrons. The van der Waals surface area contributed by atoms with Gasteiger partial charge in [-0.25, -0.2) is 4.79 Å². The van der Waals surface area contributed by atoms with Crippen molar-refractivity contribution in [3.05, 3.63) is 35.9 Å². The van der Waals surface area contributed by atoms with E-state index >= 15 is 0 Å². The van der Waals surface area contributed by atoms with Gasteiger partial charge in [-0.1, -0.05) is 30.3 Å². The second-order valence-electron chi connectivity index (χ2n) is 4.24. The molecule has 0 saturated carbocycles. The van der Waals surface area contributed by atoms with Crippen LogP contribution in [0.5, 0.6) is 0 Å². The fraction of sp³-hybridized carbons (Fsp3) is 0.533. The maximum atomic E-state index is 12.1. The van der Waals surface area contributed by atoms with Gasteiger partial charge in [-0.05, 0) is 26.5 Å². The molecule has 0 saturated heterocycles. The van der Waals surface area contributed by atoms with Gasteiger partial charge in [0.15, 0.2) is 0 Å². The number of hydrogen-bond acceptors (Lipinski definition) is 4. The third kappa shape index (κ3) is 5.01. The zero-order valence-corrected chi connectivity index (χ0v) is 12.0. The quantitative estimate of drug-likeness (QED) is 0.534. The molecule has 0 aliphatic carbocycles. The minimum Gasteiger partial charge on any atom is -0.465 e. The van der Waals surface area contributed by atoms with E-state index in [-0.39, 0.29) is 12.0 Å². The fourth-order valence-corrected chi connectivity index (χ4v) is 1.91. The highest BCUT2D eigenvalue weighted by atomic mass is 16.5. The molecular weight excluding hydrogens is 242 g/mol. The molecule has 106 valence electrons. The average Bonchev–Trinajstić information content (AvgIpc) is 2.41. The molecule has 0 amide bonds. The molecule has 4 nitrogen and oxygen atoms in total. The Labute approximate surface area is 115 Å². The van der Waals surface area contributed by atoms with Gasteiger partial charge in [-0.3, -0.25) is 4.90 Å². The van der Waals surface area contributed by atoms with Gasteiger partial charge in [-0.15, -0.1) is 0 Å². The first-order chi connectivity index (χ1) is 9.20. The largest absolute Gasteiger partial charge is 0.465 e. The summed E-state index contributed by atoms with van der Waals surface area (Å²) in [5.74, 6) is -0.215. The third-order valence-electron chi connectivity index (χ3n) is 2.86. The molecule has 0 aliphatic rings. The SMILES string of the molecule is CCOCCN(C)C(C(=O)OCC)c1ccccc1. The van der Waals surface area contributed by atoms with Gasteiger partial charge in [0.2, 0.25) is 0 Å². The Morgan fingerprint density at radius 1 is 1.21 bits per heavy atom. The van der Waals surface area contributed by atoms with Crippen molar-refractivity contribution in [1.82, 2.24) is 4.90 Å². The van der Waals surface area contributed by atoms with Crippen LogP contribution in [0.15, 0.2) is 30.3 Å². The molecule has 1 aromatic carbocycles. The van der Waals surface area contributed by atoms with Crippen LogP contribution in [0.1, 0.15) is 25.5 Å². The summed E-state index contributed by atoms with van der Waals surface area (Å²) < 4.78 is 10.5. The third-order valence-corrected chi connectivity index (χ3v) is 2.86. The number of carbonyl (C=O) groups is 1. The maximum absolute atomic E-state index is 12.1. The molecular formula is C15H23NO3. The van der Waals surface area contributed by atoms with Crippen molar-refractivity contribution in [2.24, 2.45) is 0 Å². The minimum atomic E-state index is -0.374. The Morgan fingerprint density at radius 2 is 1.89 bits per heavy atom. The number of nitrogens with zero attached hydrogens (tertiary/aromatic N) is 1. The first-order valence-electron chi connectivity index (χ1n) is 6.70. The Bertz CT molecular complexity index is 367. The van der Waals surface area contributed by atoms with Crippen LogP contribution < -0.4 is 0 Å². The molecule has 0 spiro atoms. The van der Waals surface area contributed by atoms with Crippen molar-refractivity contribution < 1.29 is 14.3 Å². The average molecular weight is 265 g/mol. The van der Waals surface area contributed by atoms with E-state index in [1.165, 1.54) is 0 Å². The lowest BCUT2D eigenvalue weighted by Crippen LogP contribution is -2.34. The smallest absolute Gasteiger partial charge is 0.327 e. The Hall–Kier alpha value is -1.39. The molecule has 0 aliphatic heterocycles. The molecule has 1 atom stereocenters. The zero-order chi connectivity index (χ0) is 14.1. The highest BCUT2D eigenvalue weighted by molar-refractivity contribution is 5.77. The summed E-state index contributed by atoms with van der Waals surface area (Å²) in [7, 11) is 1.91. The molecule has 1 unspecified atom stereocenters. The van der Waals surface area contributed by atoms with Crippen molar-refractivity contribution in [1.29, 1.82) is 0 Å². The molecule has 0 fully saturated rings. The summed E-state index contributed by atoms with van der Waals surface area (Å²) >= 11 is 0. The number of likely N-dealkylation sites (N-methyl/N-ethyl adjacent to an activating group) is 1. The van der Waals surface area contributed by atoms with Gasteiger partial charge in [0, 0.05) is 13.2 Å². The monoisotopic (exact) mass is 265 g/mol. The first-order valence-corrected chi connectivity index (χ1v) is 6.70. The van der Waals surface area contributed by atoms with Crippen molar-refractivity contribution in [2.75, 3.05) is 33.4 Å². The van der Waals surface area contributed by atoms with Crippen LogP contribution in [0.3, 0.4) is 0 Å². The van der Waals surface area contributed by atoms with Crippen molar-refractivity contribution in [3.8, 4) is 0 Å². The highest BCUT2D eigenvalue weighted by Crippen LogP contribution is 2.20. The lowest BCUT2D eigenvalue weighted by Gasteiger charge is -2.26. The second kappa shape index (κ2) is 8.67. The Balaban J connectivity index is 2.77. The molecule has 1 aromatic rings. The van der Waals surface area contributed by atoms with Crippen LogP contribution in [-0.2, 0) is 14.3 Å². The Kier molecular flexibility index (Phi) is 7.15. The minimum absolute atomic E-state index is 0.215. The molecule has 1 rings (SSSR count). The van der Waals surface area contributed by atoms with Crippen molar-refractivity contribution in [3.63, 3.8) is 0 Å². The standard InChI is InChI=1S/C15H23NO3/c1-4-18-12-11-16(3)14(15(17)19-5-2)13-9-7-6-8-10-13/h6-10,14H,4-5,11-12H2,1-3H3. The van der Waals surface area contributed by atoms with Crippen LogP contribution in [0.2, 0.25) is 0 Å². The molecule has 0 bridgehead atoms. The number of esters is 1. The lowest BCUT2D eigenvalue weighted by atomic mass is 10.1. The molecule has 4 heteroatoms.